The molecule has 0 aromatic heterocycles. The fourth-order valence-electron chi connectivity index (χ4n) is 2.79. The van der Waals surface area contributed by atoms with E-state index in [0.29, 0.717) is 0 Å². The van der Waals surface area contributed by atoms with E-state index in [1.165, 1.54) is 5.69 Å². The lowest BCUT2D eigenvalue weighted by Crippen LogP contribution is -2.58. The molecule has 4 nitrogen and oxygen atoms in total. The largest absolute Gasteiger partial charge is 0.497 e. The lowest BCUT2D eigenvalue weighted by molar-refractivity contribution is 0.0988. The molecule has 1 aliphatic heterocycles. The summed E-state index contributed by atoms with van der Waals surface area (Å²) in [6.07, 6.45) is 1.10. The second kappa shape index (κ2) is 6.46. The Bertz CT molecular complexity index is 406. The summed E-state index contributed by atoms with van der Waals surface area (Å²) in [7, 11) is 1.70. The van der Waals surface area contributed by atoms with E-state index in [1.807, 2.05) is 12.1 Å². The van der Waals surface area contributed by atoms with Crippen molar-refractivity contribution in [2.45, 2.75) is 25.8 Å². The van der Waals surface area contributed by atoms with Crippen molar-refractivity contribution < 1.29 is 4.74 Å². The summed E-state index contributed by atoms with van der Waals surface area (Å²) in [5, 5.41) is 0. The number of nitrogens with zero attached hydrogens (tertiary/aromatic N) is 2. The van der Waals surface area contributed by atoms with Crippen LogP contribution in [0.15, 0.2) is 24.3 Å². The molecule has 1 aliphatic rings. The summed E-state index contributed by atoms with van der Waals surface area (Å²) in [6.45, 7) is 9.50. The highest BCUT2D eigenvalue weighted by Gasteiger charge is 2.31. The fourth-order valence-corrected chi connectivity index (χ4v) is 2.79. The predicted molar refractivity (Wildman–Crippen MR) is 84.5 cm³/mol. The highest BCUT2D eigenvalue weighted by molar-refractivity contribution is 5.49. The molecule has 2 rings (SSSR count). The molecule has 4 heteroatoms. The molecule has 1 aromatic rings. The molecule has 0 aliphatic carbocycles. The van der Waals surface area contributed by atoms with Crippen LogP contribution in [0.2, 0.25) is 0 Å². The van der Waals surface area contributed by atoms with Gasteiger partial charge in [0.2, 0.25) is 0 Å². The number of hydrogen-bond acceptors (Lipinski definition) is 4. The smallest absolute Gasteiger partial charge is 0.119 e. The molecule has 112 valence electrons. The van der Waals surface area contributed by atoms with Crippen molar-refractivity contribution in [2.24, 2.45) is 5.73 Å². The standard InChI is InChI=1S/C16H27N3O/c1-4-16(2,13-17)19-11-9-18(10-12-19)14-5-7-15(20-3)8-6-14/h5-8H,4,9-13,17H2,1-3H3. The van der Waals surface area contributed by atoms with Crippen molar-refractivity contribution >= 4 is 5.69 Å². The number of benzene rings is 1. The molecular weight excluding hydrogens is 250 g/mol. The molecule has 2 N–H and O–H groups in total. The second-order valence-electron chi connectivity index (χ2n) is 5.73. The van der Waals surface area contributed by atoms with Crippen molar-refractivity contribution in [1.82, 2.24) is 4.90 Å². The van der Waals surface area contributed by atoms with Gasteiger partial charge in [-0.25, -0.2) is 0 Å². The zero-order valence-corrected chi connectivity index (χ0v) is 12.9. The molecule has 1 fully saturated rings. The molecule has 0 bridgehead atoms. The highest BCUT2D eigenvalue weighted by atomic mass is 16.5. The van der Waals surface area contributed by atoms with Gasteiger partial charge >= 0.3 is 0 Å². The van der Waals surface area contributed by atoms with Crippen molar-refractivity contribution in [2.75, 3.05) is 44.7 Å². The zero-order valence-electron chi connectivity index (χ0n) is 12.9. The van der Waals surface area contributed by atoms with E-state index in [1.54, 1.807) is 7.11 Å². The Balaban J connectivity index is 1.96. The first-order valence-corrected chi connectivity index (χ1v) is 7.47. The van der Waals surface area contributed by atoms with Gasteiger partial charge in [0, 0.05) is 44.0 Å². The van der Waals surface area contributed by atoms with E-state index < -0.39 is 0 Å². The third kappa shape index (κ3) is 3.07. The summed E-state index contributed by atoms with van der Waals surface area (Å²) in [5.74, 6) is 0.911. The number of anilines is 1. The lowest BCUT2D eigenvalue weighted by atomic mass is 9.95. The van der Waals surface area contributed by atoms with Crippen LogP contribution < -0.4 is 15.4 Å². The zero-order chi connectivity index (χ0) is 14.6. The molecule has 0 spiro atoms. The van der Waals surface area contributed by atoms with E-state index in [9.17, 15) is 0 Å². The minimum absolute atomic E-state index is 0.145. The van der Waals surface area contributed by atoms with E-state index in [4.69, 9.17) is 10.5 Å². The number of ether oxygens (including phenoxy) is 1. The molecule has 1 unspecified atom stereocenters. The molecule has 0 saturated carbocycles. The number of rotatable bonds is 5. The predicted octanol–water partition coefficient (Wildman–Crippen LogP) is 1.94. The van der Waals surface area contributed by atoms with Crippen LogP contribution in [0.5, 0.6) is 5.75 Å². The van der Waals surface area contributed by atoms with E-state index in [2.05, 4.69) is 35.8 Å². The minimum atomic E-state index is 0.145. The van der Waals surface area contributed by atoms with Gasteiger partial charge < -0.3 is 15.4 Å². The quantitative estimate of drug-likeness (QED) is 0.893. The maximum absolute atomic E-state index is 5.96. The summed E-state index contributed by atoms with van der Waals surface area (Å²) in [4.78, 5) is 4.97. The van der Waals surface area contributed by atoms with Crippen molar-refractivity contribution in [3.63, 3.8) is 0 Å². The fraction of sp³-hybridized carbons (Fsp3) is 0.625. The van der Waals surface area contributed by atoms with Gasteiger partial charge in [-0.15, -0.1) is 0 Å². The van der Waals surface area contributed by atoms with Gasteiger partial charge in [0.25, 0.3) is 0 Å². The molecule has 1 heterocycles. The first-order valence-electron chi connectivity index (χ1n) is 7.47. The Labute approximate surface area is 122 Å². The number of piperazine rings is 1. The summed E-state index contributed by atoms with van der Waals surface area (Å²) in [6, 6.07) is 8.32. The lowest BCUT2D eigenvalue weighted by Gasteiger charge is -2.45. The topological polar surface area (TPSA) is 41.7 Å². The van der Waals surface area contributed by atoms with Gasteiger partial charge in [-0.1, -0.05) is 6.92 Å². The van der Waals surface area contributed by atoms with Gasteiger partial charge in [-0.3, -0.25) is 4.90 Å². The van der Waals surface area contributed by atoms with Crippen LogP contribution in [0.25, 0.3) is 0 Å². The van der Waals surface area contributed by atoms with Gasteiger partial charge in [0.05, 0.1) is 7.11 Å². The van der Waals surface area contributed by atoms with Crippen LogP contribution in [-0.4, -0.2) is 50.3 Å². The summed E-state index contributed by atoms with van der Waals surface area (Å²) < 4.78 is 5.21. The second-order valence-corrected chi connectivity index (χ2v) is 5.73. The van der Waals surface area contributed by atoms with Crippen LogP contribution in [0.1, 0.15) is 20.3 Å². The van der Waals surface area contributed by atoms with E-state index in [0.717, 1.165) is 44.9 Å². The summed E-state index contributed by atoms with van der Waals surface area (Å²) in [5.41, 5.74) is 7.38. The Hall–Kier alpha value is -1.26. The Morgan fingerprint density at radius 3 is 2.20 bits per heavy atom. The molecule has 0 radical (unpaired) electrons. The van der Waals surface area contributed by atoms with Crippen LogP contribution in [0, 0.1) is 0 Å². The first-order chi connectivity index (χ1) is 9.62. The normalized spacial score (nSPS) is 19.7. The number of nitrogens with two attached hydrogens (primary N) is 1. The molecule has 1 atom stereocenters. The van der Waals surface area contributed by atoms with Gasteiger partial charge in [-0.05, 0) is 37.6 Å². The van der Waals surface area contributed by atoms with Crippen LogP contribution in [-0.2, 0) is 0 Å². The Morgan fingerprint density at radius 1 is 1.15 bits per heavy atom. The number of hydrogen-bond donors (Lipinski definition) is 1. The van der Waals surface area contributed by atoms with Crippen LogP contribution in [0.3, 0.4) is 0 Å². The van der Waals surface area contributed by atoms with E-state index >= 15 is 0 Å². The SMILES string of the molecule is CCC(C)(CN)N1CCN(c2ccc(OC)cc2)CC1. The van der Waals surface area contributed by atoms with Gasteiger partial charge in [-0.2, -0.15) is 0 Å². The van der Waals surface area contributed by atoms with Crippen LogP contribution in [0.4, 0.5) is 5.69 Å². The van der Waals surface area contributed by atoms with Crippen molar-refractivity contribution in [3.05, 3.63) is 24.3 Å². The van der Waals surface area contributed by atoms with Gasteiger partial charge in [0.1, 0.15) is 5.75 Å². The van der Waals surface area contributed by atoms with Crippen LogP contribution >= 0.6 is 0 Å². The molecule has 1 aromatic carbocycles. The molecule has 0 amide bonds. The molecule has 1 saturated heterocycles. The Kier molecular flexibility index (Phi) is 4.89. The average Bonchev–Trinajstić information content (AvgIpc) is 2.54. The average molecular weight is 277 g/mol. The highest BCUT2D eigenvalue weighted by Crippen LogP contribution is 2.24. The third-order valence-corrected chi connectivity index (χ3v) is 4.68. The number of methoxy groups -OCH3 is 1. The molecular formula is C16H27N3O. The maximum atomic E-state index is 5.96. The molecule has 20 heavy (non-hydrogen) atoms. The maximum Gasteiger partial charge on any atom is 0.119 e. The third-order valence-electron chi connectivity index (χ3n) is 4.68. The van der Waals surface area contributed by atoms with E-state index in [-0.39, 0.29) is 5.54 Å². The first kappa shape index (κ1) is 15.1. The monoisotopic (exact) mass is 277 g/mol. The summed E-state index contributed by atoms with van der Waals surface area (Å²) >= 11 is 0. The Morgan fingerprint density at radius 2 is 1.75 bits per heavy atom. The van der Waals surface area contributed by atoms with Crippen molar-refractivity contribution in [1.29, 1.82) is 0 Å². The minimum Gasteiger partial charge on any atom is -0.497 e. The van der Waals surface area contributed by atoms with Crippen molar-refractivity contribution in [3.8, 4) is 5.75 Å². The van der Waals surface area contributed by atoms with Gasteiger partial charge in [0.15, 0.2) is 0 Å².